The zero-order valence-corrected chi connectivity index (χ0v) is 10.1. The van der Waals surface area contributed by atoms with E-state index in [4.69, 9.17) is 28.3 Å². The Morgan fingerprint density at radius 1 is 1.44 bits per heavy atom. The molecule has 2 rings (SSSR count). The van der Waals surface area contributed by atoms with Crippen molar-refractivity contribution in [1.82, 2.24) is 0 Å². The van der Waals surface area contributed by atoms with Gasteiger partial charge in [0.05, 0.1) is 0 Å². The lowest BCUT2D eigenvalue weighted by atomic mass is 10.1. The number of rotatable bonds is 1. The Morgan fingerprint density at radius 2 is 2.06 bits per heavy atom. The topological polar surface area (TPSA) is 61.7 Å². The van der Waals surface area contributed by atoms with Gasteiger partial charge in [0, 0.05) is 11.3 Å². The summed E-state index contributed by atoms with van der Waals surface area (Å²) in [5.74, 6) is -1.29. The summed E-state index contributed by atoms with van der Waals surface area (Å²) in [6.07, 6.45) is 0. The average Bonchev–Trinajstić information content (AvgIpc) is 2.17. The largest absolute Gasteiger partial charge is 0.477 e. The molecule has 86 valence electrons. The average molecular weight is 282 g/mol. The Morgan fingerprint density at radius 3 is 2.69 bits per heavy atom. The first-order valence-electron chi connectivity index (χ1n) is 4.08. The van der Waals surface area contributed by atoms with Crippen LogP contribution in [0.3, 0.4) is 0 Å². The van der Waals surface area contributed by atoms with Gasteiger partial charge in [-0.25, -0.2) is 9.79 Å². The van der Waals surface area contributed by atoms with Crippen molar-refractivity contribution in [2.45, 2.75) is 5.12 Å². The number of aliphatic carboxylic acids is 1. The Hall–Kier alpha value is -0.970. The minimum Gasteiger partial charge on any atom is -0.477 e. The molecule has 0 bridgehead atoms. The number of anilines is 1. The molecule has 1 aromatic carbocycles. The second-order valence-electron chi connectivity index (χ2n) is 3.00. The van der Waals surface area contributed by atoms with Crippen molar-refractivity contribution in [3.63, 3.8) is 0 Å². The van der Waals surface area contributed by atoms with Crippen LogP contribution in [0.2, 0.25) is 0 Å². The first kappa shape index (κ1) is 13.1. The zero-order chi connectivity index (χ0) is 11.1. The number of halogens is 3. The highest BCUT2D eigenvalue weighted by Gasteiger charge is 2.39. The Kier molecular flexibility index (Phi) is 3.68. The number of carboxylic acids is 1. The van der Waals surface area contributed by atoms with Crippen LogP contribution in [0.1, 0.15) is 5.56 Å². The first-order chi connectivity index (χ1) is 7.03. The van der Waals surface area contributed by atoms with Crippen molar-refractivity contribution in [3.05, 3.63) is 29.8 Å². The molecule has 0 amide bonds. The molecule has 1 heterocycles. The SMILES string of the molecule is Cl.O=C(O)C1(Cl)N=C(Cl)c2ccccc2N1. The molecule has 2 N–H and O–H groups in total. The number of hydrogen-bond acceptors (Lipinski definition) is 3. The molecule has 0 radical (unpaired) electrons. The molecule has 0 saturated heterocycles. The molecule has 1 aromatic rings. The van der Waals surface area contributed by atoms with Gasteiger partial charge in [-0.05, 0) is 12.1 Å². The number of nitrogens with one attached hydrogen (secondary N) is 1. The van der Waals surface area contributed by atoms with Gasteiger partial charge in [-0.3, -0.25) is 0 Å². The van der Waals surface area contributed by atoms with Gasteiger partial charge in [0.1, 0.15) is 5.17 Å². The Labute approximate surface area is 108 Å². The van der Waals surface area contributed by atoms with E-state index in [1.807, 2.05) is 0 Å². The highest BCUT2D eigenvalue weighted by atomic mass is 35.5. The maximum Gasteiger partial charge on any atom is 0.369 e. The van der Waals surface area contributed by atoms with Gasteiger partial charge in [-0.15, -0.1) is 12.4 Å². The van der Waals surface area contributed by atoms with E-state index in [-0.39, 0.29) is 17.6 Å². The number of carbonyl (C=O) groups is 1. The summed E-state index contributed by atoms with van der Waals surface area (Å²) in [7, 11) is 0. The van der Waals surface area contributed by atoms with Crippen LogP contribution in [0.5, 0.6) is 0 Å². The number of benzene rings is 1. The number of carboxylic acid groups (broad SMARTS) is 1. The molecule has 1 unspecified atom stereocenters. The van der Waals surface area contributed by atoms with E-state index in [9.17, 15) is 4.79 Å². The lowest BCUT2D eigenvalue weighted by Crippen LogP contribution is -2.42. The lowest BCUT2D eigenvalue weighted by Gasteiger charge is -2.26. The minimum atomic E-state index is -1.91. The summed E-state index contributed by atoms with van der Waals surface area (Å²) in [5.41, 5.74) is 1.19. The van der Waals surface area contributed by atoms with Crippen molar-refractivity contribution < 1.29 is 9.90 Å². The molecule has 7 heteroatoms. The standard InChI is InChI=1S/C9H6Cl2N2O2.ClH/c10-7-5-3-1-2-4-6(5)12-9(11,13-7)8(14)15;/h1-4,12H,(H,14,15);1H. The van der Waals surface area contributed by atoms with E-state index in [2.05, 4.69) is 10.3 Å². The highest BCUT2D eigenvalue weighted by molar-refractivity contribution is 6.70. The van der Waals surface area contributed by atoms with Crippen molar-refractivity contribution in [1.29, 1.82) is 0 Å². The van der Waals surface area contributed by atoms with E-state index in [1.165, 1.54) is 0 Å². The fraction of sp³-hybridized carbons (Fsp3) is 0.111. The van der Waals surface area contributed by atoms with Crippen molar-refractivity contribution >= 4 is 52.4 Å². The molecule has 0 spiro atoms. The van der Waals surface area contributed by atoms with Crippen LogP contribution in [0.15, 0.2) is 29.3 Å². The smallest absolute Gasteiger partial charge is 0.369 e. The van der Waals surface area contributed by atoms with Gasteiger partial charge < -0.3 is 10.4 Å². The molecule has 1 atom stereocenters. The van der Waals surface area contributed by atoms with Gasteiger partial charge in [0.15, 0.2) is 0 Å². The van der Waals surface area contributed by atoms with E-state index in [0.717, 1.165) is 0 Å². The summed E-state index contributed by atoms with van der Waals surface area (Å²) in [6, 6.07) is 6.94. The summed E-state index contributed by atoms with van der Waals surface area (Å²) in [4.78, 5) is 14.6. The fourth-order valence-corrected chi connectivity index (χ4v) is 1.80. The Balaban J connectivity index is 0.00000128. The normalized spacial score (nSPS) is 22.2. The quantitative estimate of drug-likeness (QED) is 0.614. The maximum atomic E-state index is 10.9. The number of hydrogen-bond donors (Lipinski definition) is 2. The van der Waals surface area contributed by atoms with Crippen molar-refractivity contribution in [3.8, 4) is 0 Å². The molecule has 1 aliphatic rings. The van der Waals surface area contributed by atoms with Crippen LogP contribution in [-0.2, 0) is 4.79 Å². The van der Waals surface area contributed by atoms with Gasteiger partial charge in [0.25, 0.3) is 0 Å². The second kappa shape index (κ2) is 4.49. The van der Waals surface area contributed by atoms with Crippen molar-refractivity contribution in [2.24, 2.45) is 4.99 Å². The van der Waals surface area contributed by atoms with Gasteiger partial charge in [-0.2, -0.15) is 0 Å². The van der Waals surface area contributed by atoms with E-state index >= 15 is 0 Å². The Bertz CT molecular complexity index is 464. The van der Waals surface area contributed by atoms with E-state index < -0.39 is 11.1 Å². The molecule has 0 aromatic heterocycles. The summed E-state index contributed by atoms with van der Waals surface area (Å²) in [5, 5.41) is 9.65. The van der Waals surface area contributed by atoms with Crippen LogP contribution in [0.25, 0.3) is 0 Å². The van der Waals surface area contributed by atoms with Crippen molar-refractivity contribution in [2.75, 3.05) is 5.32 Å². The zero-order valence-electron chi connectivity index (χ0n) is 7.78. The molecule has 4 nitrogen and oxygen atoms in total. The van der Waals surface area contributed by atoms with Gasteiger partial charge in [0.2, 0.25) is 0 Å². The van der Waals surface area contributed by atoms with E-state index in [0.29, 0.717) is 11.3 Å². The minimum absolute atomic E-state index is 0. The van der Waals surface area contributed by atoms with Crippen LogP contribution in [0, 0.1) is 0 Å². The third kappa shape index (κ3) is 2.09. The number of para-hydroxylation sites is 1. The van der Waals surface area contributed by atoms with Crippen LogP contribution in [0.4, 0.5) is 5.69 Å². The van der Waals surface area contributed by atoms with Gasteiger partial charge in [-0.1, -0.05) is 35.3 Å². The monoisotopic (exact) mass is 280 g/mol. The van der Waals surface area contributed by atoms with E-state index in [1.54, 1.807) is 24.3 Å². The second-order valence-corrected chi connectivity index (χ2v) is 3.91. The molecule has 16 heavy (non-hydrogen) atoms. The molecule has 0 aliphatic carbocycles. The van der Waals surface area contributed by atoms with Crippen LogP contribution >= 0.6 is 35.6 Å². The third-order valence-electron chi connectivity index (χ3n) is 1.99. The number of nitrogens with zero attached hydrogens (tertiary/aromatic N) is 1. The van der Waals surface area contributed by atoms with Crippen LogP contribution < -0.4 is 5.32 Å². The lowest BCUT2D eigenvalue weighted by molar-refractivity contribution is -0.139. The number of aliphatic imine (C=N–C) groups is 1. The highest BCUT2D eigenvalue weighted by Crippen LogP contribution is 2.31. The summed E-state index contributed by atoms with van der Waals surface area (Å²) in [6.45, 7) is 0. The number of fused-ring (bicyclic) bond motifs is 1. The molecular formula is C9H7Cl3N2O2. The summed E-state index contributed by atoms with van der Waals surface area (Å²) >= 11 is 11.6. The maximum absolute atomic E-state index is 10.9. The molecule has 0 fully saturated rings. The fourth-order valence-electron chi connectivity index (χ4n) is 1.28. The third-order valence-corrected chi connectivity index (χ3v) is 2.61. The molecular weight excluding hydrogens is 274 g/mol. The predicted molar refractivity (Wildman–Crippen MR) is 65.9 cm³/mol. The summed E-state index contributed by atoms with van der Waals surface area (Å²) < 4.78 is 0. The molecule has 0 saturated carbocycles. The first-order valence-corrected chi connectivity index (χ1v) is 4.84. The number of alkyl halides is 1. The predicted octanol–water partition coefficient (Wildman–Crippen LogP) is 2.50. The van der Waals surface area contributed by atoms with Crippen LogP contribution in [-0.4, -0.2) is 21.4 Å². The molecule has 1 aliphatic heterocycles. The van der Waals surface area contributed by atoms with Gasteiger partial charge >= 0.3 is 11.1 Å².